The van der Waals surface area contributed by atoms with Crippen molar-refractivity contribution in [1.82, 2.24) is 9.80 Å². The number of hydrogen-bond donors (Lipinski definition) is 1. The molecule has 1 amide bonds. The van der Waals surface area contributed by atoms with Gasteiger partial charge in [-0.15, -0.1) is 0 Å². The van der Waals surface area contributed by atoms with Gasteiger partial charge in [-0.1, -0.05) is 45.0 Å². The number of Topliss-reactive ketones (excluding diaryl/α,β-unsaturated/α-hetero) is 1. The highest BCUT2D eigenvalue weighted by molar-refractivity contribution is 6.46. The van der Waals surface area contributed by atoms with Crippen LogP contribution in [0.1, 0.15) is 62.4 Å². The maximum atomic E-state index is 13.3. The van der Waals surface area contributed by atoms with Crippen molar-refractivity contribution in [2.24, 2.45) is 0 Å². The molecule has 4 rings (SSSR count). The summed E-state index contributed by atoms with van der Waals surface area (Å²) in [6.07, 6.45) is 1.54. The molecule has 1 saturated heterocycles. The summed E-state index contributed by atoms with van der Waals surface area (Å²) >= 11 is 0. The van der Waals surface area contributed by atoms with Gasteiger partial charge in [0.15, 0.2) is 0 Å². The Morgan fingerprint density at radius 3 is 2.43 bits per heavy atom. The first-order valence-corrected chi connectivity index (χ1v) is 12.3. The van der Waals surface area contributed by atoms with Crippen LogP contribution in [0.2, 0.25) is 0 Å². The van der Waals surface area contributed by atoms with Gasteiger partial charge in [0.25, 0.3) is 11.7 Å². The van der Waals surface area contributed by atoms with Gasteiger partial charge in [-0.25, -0.2) is 0 Å². The van der Waals surface area contributed by atoms with Crippen LogP contribution in [0.3, 0.4) is 0 Å². The van der Waals surface area contributed by atoms with Gasteiger partial charge in [0.05, 0.1) is 11.6 Å². The number of rotatable bonds is 6. The summed E-state index contributed by atoms with van der Waals surface area (Å²) in [7, 11) is 3.96. The van der Waals surface area contributed by atoms with Gasteiger partial charge in [-0.2, -0.15) is 0 Å². The molecule has 186 valence electrons. The van der Waals surface area contributed by atoms with E-state index in [2.05, 4.69) is 25.7 Å². The Balaban J connectivity index is 1.78. The van der Waals surface area contributed by atoms with Crippen LogP contribution in [-0.2, 0) is 21.4 Å². The summed E-state index contributed by atoms with van der Waals surface area (Å²) in [6.45, 7) is 9.66. The van der Waals surface area contributed by atoms with E-state index in [9.17, 15) is 14.7 Å². The van der Waals surface area contributed by atoms with Crippen molar-refractivity contribution >= 4 is 17.4 Å². The van der Waals surface area contributed by atoms with E-state index in [4.69, 9.17) is 4.74 Å². The van der Waals surface area contributed by atoms with E-state index >= 15 is 0 Å². The van der Waals surface area contributed by atoms with E-state index in [1.807, 2.05) is 57.4 Å². The number of aliphatic hydroxyl groups is 1. The predicted octanol–water partition coefficient (Wildman–Crippen LogP) is 4.68. The van der Waals surface area contributed by atoms with Crippen LogP contribution in [0.15, 0.2) is 48.0 Å². The largest absolute Gasteiger partial charge is 0.507 e. The molecule has 1 fully saturated rings. The molecule has 2 aliphatic rings. The highest BCUT2D eigenvalue weighted by Crippen LogP contribution is 2.41. The van der Waals surface area contributed by atoms with Gasteiger partial charge >= 0.3 is 0 Å². The van der Waals surface area contributed by atoms with Crippen LogP contribution in [0.4, 0.5) is 0 Å². The highest BCUT2D eigenvalue weighted by atomic mass is 16.5. The number of aliphatic hydroxyl groups excluding tert-OH is 1. The zero-order valence-corrected chi connectivity index (χ0v) is 21.6. The predicted molar refractivity (Wildman–Crippen MR) is 138 cm³/mol. The van der Waals surface area contributed by atoms with Gasteiger partial charge in [0.1, 0.15) is 17.6 Å². The molecule has 6 heteroatoms. The fraction of sp³-hybridized carbons (Fsp3) is 0.448. The Bertz CT molecular complexity index is 1160. The standard InChI is InChI=1S/C29H36N2O4/c1-18-16-21-17-20(10-13-23(21)35-18)26(32)24-25(19-8-11-22(12-9-19)29(2,3)4)31(28(34)27(24)33)15-7-14-30(5)6/h8-13,17-18,25,32H,7,14-16H2,1-6H3. The second kappa shape index (κ2) is 9.50. The van der Waals surface area contributed by atoms with E-state index in [1.165, 1.54) is 5.56 Å². The van der Waals surface area contributed by atoms with Crippen molar-refractivity contribution < 1.29 is 19.4 Å². The molecule has 0 spiro atoms. The number of hydrogen-bond acceptors (Lipinski definition) is 5. The van der Waals surface area contributed by atoms with Gasteiger partial charge < -0.3 is 19.6 Å². The quantitative estimate of drug-likeness (QED) is 0.372. The molecule has 6 nitrogen and oxygen atoms in total. The maximum Gasteiger partial charge on any atom is 0.295 e. The zero-order valence-electron chi connectivity index (χ0n) is 21.6. The normalized spacial score (nSPS) is 21.5. The van der Waals surface area contributed by atoms with Crippen LogP contribution in [0.25, 0.3) is 5.76 Å². The third-order valence-corrected chi connectivity index (χ3v) is 6.81. The van der Waals surface area contributed by atoms with Gasteiger partial charge in [-0.05, 0) is 74.3 Å². The minimum Gasteiger partial charge on any atom is -0.507 e. The molecule has 35 heavy (non-hydrogen) atoms. The number of benzene rings is 2. The fourth-order valence-electron chi connectivity index (χ4n) is 4.90. The average molecular weight is 477 g/mol. The summed E-state index contributed by atoms with van der Waals surface area (Å²) in [5.41, 5.74) is 3.64. The second-order valence-electron chi connectivity index (χ2n) is 11.0. The monoisotopic (exact) mass is 476 g/mol. The molecule has 0 aliphatic carbocycles. The Morgan fingerprint density at radius 1 is 1.11 bits per heavy atom. The van der Waals surface area contributed by atoms with Crippen LogP contribution >= 0.6 is 0 Å². The number of fused-ring (bicyclic) bond motifs is 1. The van der Waals surface area contributed by atoms with Crippen LogP contribution < -0.4 is 4.74 Å². The third kappa shape index (κ3) is 4.98. The van der Waals surface area contributed by atoms with E-state index in [1.54, 1.807) is 11.0 Å². The van der Waals surface area contributed by atoms with Crippen molar-refractivity contribution in [2.75, 3.05) is 27.2 Å². The number of carbonyl (C=O) groups excluding carboxylic acids is 2. The molecule has 2 aromatic rings. The van der Waals surface area contributed by atoms with Crippen molar-refractivity contribution in [1.29, 1.82) is 0 Å². The minimum absolute atomic E-state index is 0.0182. The SMILES string of the molecule is CC1Cc2cc(C(O)=C3C(=O)C(=O)N(CCCN(C)C)C3c3ccc(C(C)(C)C)cc3)ccc2O1. The first-order valence-electron chi connectivity index (χ1n) is 12.3. The molecular weight excluding hydrogens is 440 g/mol. The van der Waals surface area contributed by atoms with E-state index in [-0.39, 0.29) is 22.9 Å². The molecule has 0 radical (unpaired) electrons. The Labute approximate surface area is 208 Å². The molecule has 2 heterocycles. The molecule has 1 N–H and O–H groups in total. The second-order valence-corrected chi connectivity index (χ2v) is 11.0. The van der Waals surface area contributed by atoms with Crippen molar-refractivity contribution in [3.05, 3.63) is 70.3 Å². The Hall–Kier alpha value is -3.12. The van der Waals surface area contributed by atoms with Crippen molar-refractivity contribution in [2.45, 2.75) is 58.1 Å². The molecule has 2 aliphatic heterocycles. The molecule has 2 unspecified atom stereocenters. The van der Waals surface area contributed by atoms with E-state index in [0.717, 1.165) is 36.3 Å². The molecule has 0 saturated carbocycles. The van der Waals surface area contributed by atoms with Crippen LogP contribution in [0, 0.1) is 0 Å². The van der Waals surface area contributed by atoms with Gasteiger partial charge in [-0.3, -0.25) is 9.59 Å². The van der Waals surface area contributed by atoms with Gasteiger partial charge in [0.2, 0.25) is 0 Å². The van der Waals surface area contributed by atoms with Crippen molar-refractivity contribution in [3.63, 3.8) is 0 Å². The number of carbonyl (C=O) groups is 2. The fourth-order valence-corrected chi connectivity index (χ4v) is 4.90. The number of likely N-dealkylation sites (tertiary alicyclic amines) is 1. The van der Waals surface area contributed by atoms with E-state index < -0.39 is 17.7 Å². The third-order valence-electron chi connectivity index (χ3n) is 6.81. The molecule has 2 atom stereocenters. The maximum absolute atomic E-state index is 13.3. The topological polar surface area (TPSA) is 70.1 Å². The Kier molecular flexibility index (Phi) is 6.78. The van der Waals surface area contributed by atoms with Crippen LogP contribution in [-0.4, -0.2) is 59.9 Å². The summed E-state index contributed by atoms with van der Waals surface area (Å²) in [5.74, 6) is -0.533. The summed E-state index contributed by atoms with van der Waals surface area (Å²) in [4.78, 5) is 30.1. The molecular formula is C29H36N2O4. The van der Waals surface area contributed by atoms with Crippen LogP contribution in [0.5, 0.6) is 5.75 Å². The zero-order chi connectivity index (χ0) is 25.5. The number of ketones is 1. The molecule has 0 aromatic heterocycles. The summed E-state index contributed by atoms with van der Waals surface area (Å²) in [6, 6.07) is 12.9. The number of amides is 1. The first kappa shape index (κ1) is 25.0. The van der Waals surface area contributed by atoms with Gasteiger partial charge in [0, 0.05) is 18.5 Å². The summed E-state index contributed by atoms with van der Waals surface area (Å²) in [5, 5.41) is 11.4. The smallest absolute Gasteiger partial charge is 0.295 e. The lowest BCUT2D eigenvalue weighted by atomic mass is 9.85. The Morgan fingerprint density at radius 2 is 1.80 bits per heavy atom. The lowest BCUT2D eigenvalue weighted by molar-refractivity contribution is -0.139. The van der Waals surface area contributed by atoms with Crippen molar-refractivity contribution in [3.8, 4) is 5.75 Å². The lowest BCUT2D eigenvalue weighted by Crippen LogP contribution is -2.32. The molecule has 0 bridgehead atoms. The highest BCUT2D eigenvalue weighted by Gasteiger charge is 2.46. The lowest BCUT2D eigenvalue weighted by Gasteiger charge is -2.27. The first-order chi connectivity index (χ1) is 16.5. The molecule has 2 aromatic carbocycles. The minimum atomic E-state index is -0.637. The number of ether oxygens (including phenoxy) is 1. The van der Waals surface area contributed by atoms with E-state index in [0.29, 0.717) is 12.1 Å². The number of nitrogens with zero attached hydrogens (tertiary/aromatic N) is 2. The average Bonchev–Trinajstić information content (AvgIpc) is 3.28. The summed E-state index contributed by atoms with van der Waals surface area (Å²) < 4.78 is 5.78.